The highest BCUT2D eigenvalue weighted by molar-refractivity contribution is 5.92. The number of carbonyl (C=O) groups excluding carboxylic acids is 1. The van der Waals surface area contributed by atoms with E-state index in [1.807, 2.05) is 13.8 Å². The molecule has 150 valence electrons. The lowest BCUT2D eigenvalue weighted by molar-refractivity contribution is -0.136. The van der Waals surface area contributed by atoms with E-state index in [2.05, 4.69) is 0 Å². The van der Waals surface area contributed by atoms with Gasteiger partial charge in [0.05, 0.1) is 13.5 Å². The Morgan fingerprint density at radius 2 is 1.86 bits per heavy atom. The normalized spacial score (nSPS) is 16.0. The number of phenols is 2. The maximum atomic E-state index is 12.8. The standard InChI is InChI=1S/C22H20O7/c1-10(2)12-7-19(26)28-18-9-15(25)21-14(24)8-17(29-22(21)20(12)18)11-4-5-16(27-3)13(23)6-11/h4-6,8-10,12,23,25H,7H2,1-3H3/t12-/m0/s1. The molecule has 1 atom stereocenters. The summed E-state index contributed by atoms with van der Waals surface area (Å²) >= 11 is 0. The highest BCUT2D eigenvalue weighted by Gasteiger charge is 2.34. The Morgan fingerprint density at radius 1 is 1.10 bits per heavy atom. The Morgan fingerprint density at radius 3 is 2.52 bits per heavy atom. The lowest BCUT2D eigenvalue weighted by Crippen LogP contribution is -2.24. The van der Waals surface area contributed by atoms with Gasteiger partial charge in [-0.3, -0.25) is 9.59 Å². The van der Waals surface area contributed by atoms with Gasteiger partial charge in [0.1, 0.15) is 28.2 Å². The molecule has 0 aliphatic carbocycles. The fourth-order valence-corrected chi connectivity index (χ4v) is 3.75. The second kappa shape index (κ2) is 6.84. The molecule has 2 aromatic carbocycles. The Balaban J connectivity index is 2.02. The van der Waals surface area contributed by atoms with Crippen molar-refractivity contribution in [3.05, 3.63) is 46.1 Å². The molecule has 0 saturated heterocycles. The molecule has 1 aliphatic heterocycles. The van der Waals surface area contributed by atoms with Crippen molar-refractivity contribution in [3.8, 4) is 34.3 Å². The molecule has 7 heteroatoms. The molecule has 0 bridgehead atoms. The fourth-order valence-electron chi connectivity index (χ4n) is 3.75. The van der Waals surface area contributed by atoms with Crippen molar-refractivity contribution in [1.82, 2.24) is 0 Å². The predicted molar refractivity (Wildman–Crippen MR) is 106 cm³/mol. The van der Waals surface area contributed by atoms with Gasteiger partial charge in [-0.25, -0.2) is 0 Å². The molecule has 3 aromatic rings. The van der Waals surface area contributed by atoms with E-state index in [1.54, 1.807) is 12.1 Å². The number of hydrogen-bond donors (Lipinski definition) is 2. The molecule has 0 amide bonds. The summed E-state index contributed by atoms with van der Waals surface area (Å²) in [6.45, 7) is 3.93. The predicted octanol–water partition coefficient (Wildman–Crippen LogP) is 3.93. The Hall–Kier alpha value is -3.48. The van der Waals surface area contributed by atoms with E-state index in [0.717, 1.165) is 0 Å². The van der Waals surface area contributed by atoms with Crippen LogP contribution in [0.25, 0.3) is 22.3 Å². The lowest BCUT2D eigenvalue weighted by Gasteiger charge is -2.28. The molecule has 7 nitrogen and oxygen atoms in total. The molecule has 1 aromatic heterocycles. The van der Waals surface area contributed by atoms with Crippen LogP contribution >= 0.6 is 0 Å². The molecule has 29 heavy (non-hydrogen) atoms. The number of hydrogen-bond acceptors (Lipinski definition) is 7. The minimum Gasteiger partial charge on any atom is -0.507 e. The van der Waals surface area contributed by atoms with Crippen LogP contribution in [0.4, 0.5) is 0 Å². The number of esters is 1. The topological polar surface area (TPSA) is 106 Å². The second-order valence-corrected chi connectivity index (χ2v) is 7.40. The van der Waals surface area contributed by atoms with Gasteiger partial charge < -0.3 is 24.1 Å². The number of phenolic OH excluding ortho intramolecular Hbond substituents is 2. The largest absolute Gasteiger partial charge is 0.507 e. The number of carbonyl (C=O) groups is 1. The highest BCUT2D eigenvalue weighted by Crippen LogP contribution is 2.46. The smallest absolute Gasteiger partial charge is 0.311 e. The Kier molecular flexibility index (Phi) is 4.45. The van der Waals surface area contributed by atoms with E-state index < -0.39 is 11.4 Å². The molecule has 4 rings (SSSR count). The summed E-state index contributed by atoms with van der Waals surface area (Å²) in [6.07, 6.45) is 0.155. The molecular formula is C22H20O7. The molecule has 0 spiro atoms. The van der Waals surface area contributed by atoms with Gasteiger partial charge in [-0.1, -0.05) is 13.8 Å². The summed E-state index contributed by atoms with van der Waals surface area (Å²) in [4.78, 5) is 24.8. The van der Waals surface area contributed by atoms with Crippen LogP contribution in [0.5, 0.6) is 23.0 Å². The summed E-state index contributed by atoms with van der Waals surface area (Å²) in [6, 6.07) is 7.19. The second-order valence-electron chi connectivity index (χ2n) is 7.40. The zero-order valence-corrected chi connectivity index (χ0v) is 16.2. The van der Waals surface area contributed by atoms with Crippen molar-refractivity contribution in [2.45, 2.75) is 26.2 Å². The van der Waals surface area contributed by atoms with Gasteiger partial charge in [0, 0.05) is 29.2 Å². The molecular weight excluding hydrogens is 376 g/mol. The van der Waals surface area contributed by atoms with Crippen LogP contribution in [0, 0.1) is 5.92 Å². The summed E-state index contributed by atoms with van der Waals surface area (Å²) in [7, 11) is 1.44. The van der Waals surface area contributed by atoms with Gasteiger partial charge in [-0.15, -0.1) is 0 Å². The van der Waals surface area contributed by atoms with Crippen LogP contribution in [0.3, 0.4) is 0 Å². The van der Waals surface area contributed by atoms with Gasteiger partial charge in [-0.05, 0) is 24.1 Å². The van der Waals surface area contributed by atoms with Gasteiger partial charge in [0.2, 0.25) is 0 Å². The average molecular weight is 396 g/mol. The van der Waals surface area contributed by atoms with Crippen molar-refractivity contribution >= 4 is 16.9 Å². The molecule has 1 aliphatic rings. The maximum Gasteiger partial charge on any atom is 0.311 e. The number of methoxy groups -OCH3 is 1. The van der Waals surface area contributed by atoms with Gasteiger partial charge in [0.25, 0.3) is 0 Å². The van der Waals surface area contributed by atoms with Crippen molar-refractivity contribution in [2.75, 3.05) is 7.11 Å². The minimum atomic E-state index is -0.434. The first-order valence-corrected chi connectivity index (χ1v) is 9.22. The molecule has 0 unspecified atom stereocenters. The lowest BCUT2D eigenvalue weighted by atomic mass is 9.82. The number of ether oxygens (including phenoxy) is 2. The van der Waals surface area contributed by atoms with Crippen LogP contribution < -0.4 is 14.9 Å². The minimum absolute atomic E-state index is 0.0360. The van der Waals surface area contributed by atoms with E-state index in [1.165, 1.54) is 25.3 Å². The summed E-state index contributed by atoms with van der Waals surface area (Å²) in [5.74, 6) is -0.249. The van der Waals surface area contributed by atoms with E-state index >= 15 is 0 Å². The number of aromatic hydroxyl groups is 2. The third-order valence-corrected chi connectivity index (χ3v) is 5.23. The first kappa shape index (κ1) is 18.9. The van der Waals surface area contributed by atoms with Gasteiger partial charge >= 0.3 is 5.97 Å². The third kappa shape index (κ3) is 3.08. The van der Waals surface area contributed by atoms with Crippen molar-refractivity contribution in [1.29, 1.82) is 0 Å². The number of fused-ring (bicyclic) bond motifs is 3. The zero-order chi connectivity index (χ0) is 20.9. The summed E-state index contributed by atoms with van der Waals surface area (Å²) in [5.41, 5.74) is 0.803. The monoisotopic (exact) mass is 396 g/mol. The first-order valence-electron chi connectivity index (χ1n) is 9.22. The van der Waals surface area contributed by atoms with Gasteiger partial charge in [0.15, 0.2) is 16.9 Å². The van der Waals surface area contributed by atoms with E-state index in [-0.39, 0.29) is 52.2 Å². The SMILES string of the molecule is COc1ccc(-c2cc(=O)c3c(O)cc4c(c3o2)[C@H](C(C)C)CC(=O)O4)cc1O. The van der Waals surface area contributed by atoms with Crippen LogP contribution in [0.15, 0.2) is 39.5 Å². The zero-order valence-electron chi connectivity index (χ0n) is 16.2. The maximum absolute atomic E-state index is 12.8. The van der Waals surface area contributed by atoms with Crippen molar-refractivity contribution < 1.29 is 28.9 Å². The highest BCUT2D eigenvalue weighted by atomic mass is 16.5. The van der Waals surface area contributed by atoms with E-state index in [0.29, 0.717) is 16.9 Å². The molecule has 0 saturated carbocycles. The summed E-state index contributed by atoms with van der Waals surface area (Å²) < 4.78 is 16.4. The third-order valence-electron chi connectivity index (χ3n) is 5.23. The number of rotatable bonds is 3. The van der Waals surface area contributed by atoms with Gasteiger partial charge in [-0.2, -0.15) is 0 Å². The molecule has 2 N–H and O–H groups in total. The Labute approximate surface area is 166 Å². The van der Waals surface area contributed by atoms with Crippen molar-refractivity contribution in [3.63, 3.8) is 0 Å². The molecule has 2 heterocycles. The summed E-state index contributed by atoms with van der Waals surface area (Å²) in [5, 5.41) is 20.5. The first-order chi connectivity index (χ1) is 13.8. The fraction of sp³-hybridized carbons (Fsp3) is 0.273. The molecule has 0 radical (unpaired) electrons. The van der Waals surface area contributed by atoms with E-state index in [9.17, 15) is 19.8 Å². The van der Waals surface area contributed by atoms with Crippen LogP contribution in [0.2, 0.25) is 0 Å². The van der Waals surface area contributed by atoms with Crippen LogP contribution in [-0.4, -0.2) is 23.3 Å². The van der Waals surface area contributed by atoms with Crippen molar-refractivity contribution in [2.24, 2.45) is 5.92 Å². The quantitative estimate of drug-likeness (QED) is 0.510. The van der Waals surface area contributed by atoms with Crippen LogP contribution in [-0.2, 0) is 4.79 Å². The van der Waals surface area contributed by atoms with E-state index in [4.69, 9.17) is 13.9 Å². The molecule has 0 fully saturated rings. The average Bonchev–Trinajstić information content (AvgIpc) is 2.66. The van der Waals surface area contributed by atoms with Crippen LogP contribution in [0.1, 0.15) is 31.7 Å². The Bertz CT molecular complexity index is 1190. The number of benzene rings is 2.